The molecule has 1 unspecified atom stereocenters. The summed E-state index contributed by atoms with van der Waals surface area (Å²) in [5.41, 5.74) is 0. The molecular formula is C16H26O10. The molecule has 26 heavy (non-hydrogen) atoms. The zero-order valence-corrected chi connectivity index (χ0v) is 15.1. The molecule has 0 radical (unpaired) electrons. The summed E-state index contributed by atoms with van der Waals surface area (Å²) < 4.78 is 52.5. The lowest BCUT2D eigenvalue weighted by Crippen LogP contribution is -2.53. The van der Waals surface area contributed by atoms with Crippen LogP contribution < -0.4 is 0 Å². The van der Waals surface area contributed by atoms with Crippen molar-refractivity contribution in [3.8, 4) is 0 Å². The molecule has 0 saturated heterocycles. The van der Waals surface area contributed by atoms with Gasteiger partial charge in [0.15, 0.2) is 18.3 Å². The Morgan fingerprint density at radius 2 is 1.35 bits per heavy atom. The molecule has 0 bridgehead atoms. The maximum atomic E-state index is 11.7. The van der Waals surface area contributed by atoms with Crippen LogP contribution in [0.4, 0.5) is 0 Å². The van der Waals surface area contributed by atoms with Crippen LogP contribution in [-0.4, -0.2) is 75.7 Å². The second-order valence-corrected chi connectivity index (χ2v) is 5.04. The van der Waals surface area contributed by atoms with E-state index in [9.17, 15) is 19.2 Å². The first-order chi connectivity index (χ1) is 13.5. The van der Waals surface area contributed by atoms with Gasteiger partial charge < -0.3 is 28.4 Å². The van der Waals surface area contributed by atoms with Crippen molar-refractivity contribution < 1.29 is 51.7 Å². The number of methoxy groups -OCH3 is 2. The van der Waals surface area contributed by atoms with Gasteiger partial charge in [0.25, 0.3) is 0 Å². The van der Waals surface area contributed by atoms with Crippen molar-refractivity contribution in [1.29, 1.82) is 0 Å². The number of hydrogen-bond acceptors (Lipinski definition) is 10. The van der Waals surface area contributed by atoms with E-state index < -0.39 is 75.7 Å². The Kier molecular flexibility index (Phi) is 8.72. The molecule has 0 spiro atoms. The van der Waals surface area contributed by atoms with Gasteiger partial charge in [-0.1, -0.05) is 0 Å². The second kappa shape index (κ2) is 12.2. The van der Waals surface area contributed by atoms with Gasteiger partial charge >= 0.3 is 23.9 Å². The van der Waals surface area contributed by atoms with Crippen LogP contribution in [0, 0.1) is 0 Å². The van der Waals surface area contributed by atoms with E-state index in [2.05, 4.69) is 0 Å². The average Bonchev–Trinajstić information content (AvgIpc) is 2.58. The van der Waals surface area contributed by atoms with Crippen molar-refractivity contribution >= 4 is 23.9 Å². The van der Waals surface area contributed by atoms with Gasteiger partial charge in [-0.3, -0.25) is 19.2 Å². The summed E-state index contributed by atoms with van der Waals surface area (Å²) >= 11 is 0. The number of hydrogen-bond donors (Lipinski definition) is 0. The molecule has 0 aliphatic heterocycles. The number of carbonyl (C=O) groups is 4. The molecule has 0 heterocycles. The van der Waals surface area contributed by atoms with Crippen molar-refractivity contribution in [3.05, 3.63) is 0 Å². The highest BCUT2D eigenvalue weighted by atomic mass is 16.6. The fourth-order valence-corrected chi connectivity index (χ4v) is 1.96. The Bertz CT molecular complexity index is 559. The molecular weight excluding hydrogens is 352 g/mol. The molecule has 0 N–H and O–H groups in total. The van der Waals surface area contributed by atoms with Gasteiger partial charge in [-0.25, -0.2) is 0 Å². The van der Waals surface area contributed by atoms with Gasteiger partial charge in [-0.15, -0.1) is 0 Å². The van der Waals surface area contributed by atoms with Gasteiger partial charge in [0.05, 0.1) is 10.7 Å². The molecule has 0 rings (SSSR count). The molecule has 150 valence electrons. The van der Waals surface area contributed by atoms with Gasteiger partial charge in [0.1, 0.15) is 12.7 Å². The third kappa shape index (κ3) is 9.33. The summed E-state index contributed by atoms with van der Waals surface area (Å²) in [5.74, 6) is -3.36. The lowest BCUT2D eigenvalue weighted by Gasteiger charge is -2.35. The monoisotopic (exact) mass is 381 g/mol. The van der Waals surface area contributed by atoms with Crippen molar-refractivity contribution in [2.75, 3.05) is 27.4 Å². The van der Waals surface area contributed by atoms with Crippen LogP contribution in [0.3, 0.4) is 0 Å². The summed E-state index contributed by atoms with van der Waals surface area (Å²) in [5, 5.41) is 0. The van der Waals surface area contributed by atoms with Crippen LogP contribution in [0.1, 0.15) is 31.8 Å². The first kappa shape index (κ1) is 18.6. The van der Waals surface area contributed by atoms with Gasteiger partial charge in [-0.2, -0.15) is 0 Å². The third-order valence-electron chi connectivity index (χ3n) is 2.78. The maximum absolute atomic E-state index is 11.7. The fourth-order valence-electron chi connectivity index (χ4n) is 1.96. The minimum absolute atomic E-state index is 0.414. The number of esters is 4. The maximum Gasteiger partial charge on any atom is 0.303 e. The normalized spacial score (nSPS) is 17.9. The zero-order valence-electron chi connectivity index (χ0n) is 18.1. The highest BCUT2D eigenvalue weighted by molar-refractivity contribution is 5.68. The Hall–Kier alpha value is -2.20. The molecule has 10 heteroatoms. The zero-order chi connectivity index (χ0) is 22.6. The molecule has 10 nitrogen and oxygen atoms in total. The number of carbonyl (C=O) groups excluding carboxylic acids is 4. The SMILES string of the molecule is [2H]COC[C@@H](OC(C)=O)[C@@H](OC(C)=O)[C@H](OC(C)=O)[C@@H](OC[2H])C([2H])OC(C)=O. The molecule has 0 aromatic heterocycles. The van der Waals surface area contributed by atoms with E-state index in [0.717, 1.165) is 27.7 Å². The lowest BCUT2D eigenvalue weighted by molar-refractivity contribution is -0.202. The largest absolute Gasteiger partial charge is 0.463 e. The predicted octanol–water partition coefficient (Wildman–Crippen LogP) is 0.00600. The first-order valence-electron chi connectivity index (χ1n) is 9.41. The summed E-state index contributed by atoms with van der Waals surface area (Å²) in [6.45, 7) is 2.00. The van der Waals surface area contributed by atoms with Gasteiger partial charge in [0.2, 0.25) is 0 Å². The van der Waals surface area contributed by atoms with Crippen LogP contribution >= 0.6 is 0 Å². The van der Waals surface area contributed by atoms with E-state index in [1.165, 1.54) is 0 Å². The smallest absolute Gasteiger partial charge is 0.303 e. The molecule has 0 saturated carbocycles. The first-order valence-corrected chi connectivity index (χ1v) is 7.42. The minimum Gasteiger partial charge on any atom is -0.463 e. The van der Waals surface area contributed by atoms with Gasteiger partial charge in [0, 0.05) is 41.9 Å². The summed E-state index contributed by atoms with van der Waals surface area (Å²) in [7, 11) is -1.22. The molecule has 0 amide bonds. The Labute approximate surface area is 156 Å². The topological polar surface area (TPSA) is 124 Å². The third-order valence-corrected chi connectivity index (χ3v) is 2.78. The summed E-state index contributed by atoms with van der Waals surface area (Å²) in [6, 6.07) is 0. The van der Waals surface area contributed by atoms with Gasteiger partial charge in [-0.05, 0) is 0 Å². The number of ether oxygens (including phenoxy) is 6. The Balaban J connectivity index is 6.15. The second-order valence-electron chi connectivity index (χ2n) is 5.04. The fraction of sp³-hybridized carbons (Fsp3) is 0.750. The highest BCUT2D eigenvalue weighted by Gasteiger charge is 2.42. The van der Waals surface area contributed by atoms with E-state index in [1.807, 2.05) is 0 Å². The van der Waals surface area contributed by atoms with Crippen molar-refractivity contribution in [1.82, 2.24) is 0 Å². The van der Waals surface area contributed by atoms with Crippen LogP contribution in [0.2, 0.25) is 0 Å². The standard InChI is InChI=1S/C16H26O10/c1-9(17)23-8-13(22-6)15(25-11(3)19)16(26-12(4)20)14(7-21-5)24-10(2)18/h13-16H,7-8H2,1-6H3/t13-,14+,15+,16+/m0/s1/i5D,6D,8D/t8?,13-,14+,15+,16+. The lowest BCUT2D eigenvalue weighted by atomic mass is 10.0. The predicted molar refractivity (Wildman–Crippen MR) is 86.0 cm³/mol. The van der Waals surface area contributed by atoms with Crippen LogP contribution in [-0.2, 0) is 47.6 Å². The Morgan fingerprint density at radius 1 is 0.808 bits per heavy atom. The molecule has 5 atom stereocenters. The van der Waals surface area contributed by atoms with E-state index in [4.69, 9.17) is 32.5 Å². The van der Waals surface area contributed by atoms with Crippen LogP contribution in [0.15, 0.2) is 0 Å². The quantitative estimate of drug-likeness (QED) is 0.357. The van der Waals surface area contributed by atoms with Crippen LogP contribution in [0.25, 0.3) is 0 Å². The van der Waals surface area contributed by atoms with Crippen molar-refractivity contribution in [2.45, 2.75) is 52.1 Å². The van der Waals surface area contributed by atoms with E-state index in [0.29, 0.717) is 0 Å². The minimum atomic E-state index is -1.77. The summed E-state index contributed by atoms with van der Waals surface area (Å²) in [6.07, 6.45) is -6.08. The van der Waals surface area contributed by atoms with E-state index in [-0.39, 0.29) is 0 Å². The van der Waals surface area contributed by atoms with Crippen LogP contribution in [0.5, 0.6) is 0 Å². The van der Waals surface area contributed by atoms with Crippen molar-refractivity contribution in [3.63, 3.8) is 0 Å². The Morgan fingerprint density at radius 3 is 1.77 bits per heavy atom. The summed E-state index contributed by atoms with van der Waals surface area (Å²) in [4.78, 5) is 46.0. The molecule has 0 aliphatic carbocycles. The molecule has 0 aromatic carbocycles. The number of rotatable bonds is 11. The molecule has 0 aromatic rings. The van der Waals surface area contributed by atoms with E-state index >= 15 is 0 Å². The highest BCUT2D eigenvalue weighted by Crippen LogP contribution is 2.19. The average molecular weight is 381 g/mol. The molecule has 0 fully saturated rings. The van der Waals surface area contributed by atoms with Crippen molar-refractivity contribution in [2.24, 2.45) is 0 Å². The molecule has 0 aliphatic rings. The van der Waals surface area contributed by atoms with E-state index in [1.54, 1.807) is 0 Å².